The number of phosphoric acid groups is 6. The van der Waals surface area contributed by atoms with Crippen LogP contribution in [0.5, 0.6) is 0 Å². The second kappa shape index (κ2) is 15.3. The van der Waals surface area contributed by atoms with Gasteiger partial charge in [0.25, 0.3) is 5.69 Å². The highest BCUT2D eigenvalue weighted by atomic mass is 31.3. The number of anilines is 1. The zero-order valence-electron chi connectivity index (χ0n) is 20.2. The molecule has 0 saturated heterocycles. The number of benzene rings is 1. The minimum atomic E-state index is -6.37. The minimum Gasteiger partial charge on any atom is -0.378 e. The van der Waals surface area contributed by atoms with Gasteiger partial charge < -0.3 is 39.6 Å². The molecule has 0 saturated carbocycles. The molecule has 0 radical (unpaired) electrons. The van der Waals surface area contributed by atoms with E-state index in [4.69, 9.17) is 14.7 Å². The van der Waals surface area contributed by atoms with Gasteiger partial charge in [0.1, 0.15) is 0 Å². The van der Waals surface area contributed by atoms with Crippen LogP contribution in [0.2, 0.25) is 0 Å². The number of carbonyl (C=O) groups excluding carboxylic acids is 1. The molecule has 0 spiro atoms. The summed E-state index contributed by atoms with van der Waals surface area (Å²) in [6, 6.07) is 5.31. The molecular weight excluding hydrogens is 710 g/mol. The molecule has 24 nitrogen and oxygen atoms in total. The summed E-state index contributed by atoms with van der Waals surface area (Å²) in [5.41, 5.74) is 0.0866. The lowest BCUT2D eigenvalue weighted by atomic mass is 10.2. The number of unbranched alkanes of at least 4 members (excludes halogenated alkanes) is 1. The number of nitro benzene ring substituents is 1. The second-order valence-electron chi connectivity index (χ2n) is 7.23. The molecule has 42 heavy (non-hydrogen) atoms. The summed E-state index contributed by atoms with van der Waals surface area (Å²) in [6.45, 7) is -0.923. The predicted octanol–water partition coefficient (Wildman–Crippen LogP) is 2.44. The summed E-state index contributed by atoms with van der Waals surface area (Å²) >= 11 is 0. The van der Waals surface area contributed by atoms with E-state index in [-0.39, 0.29) is 37.3 Å². The average molecular weight is 732 g/mol. The number of hydrogen-bond acceptors (Lipinski definition) is 16. The maximum atomic E-state index is 11.9. The monoisotopic (exact) mass is 732 g/mol. The number of nitro groups is 1. The Kier molecular flexibility index (Phi) is 14.2. The van der Waals surface area contributed by atoms with E-state index in [2.05, 4.69) is 31.4 Å². The van der Waals surface area contributed by atoms with Gasteiger partial charge in [0.2, 0.25) is 0 Å². The van der Waals surface area contributed by atoms with Gasteiger partial charge >= 0.3 is 46.9 Å². The van der Waals surface area contributed by atoms with Crippen molar-refractivity contribution in [3.8, 4) is 0 Å². The molecule has 5 atom stereocenters. The maximum Gasteiger partial charge on any atom is 0.490 e. The number of carbonyl (C=O) groups is 1. The van der Waals surface area contributed by atoms with E-state index in [0.29, 0.717) is 5.69 Å². The Morgan fingerprint density at radius 2 is 1.24 bits per heavy atom. The molecule has 0 fully saturated rings. The van der Waals surface area contributed by atoms with Crippen molar-refractivity contribution in [2.75, 3.05) is 18.5 Å². The van der Waals surface area contributed by atoms with Crippen molar-refractivity contribution in [1.29, 1.82) is 0 Å². The van der Waals surface area contributed by atoms with Gasteiger partial charge in [-0.3, -0.25) is 19.4 Å². The first-order chi connectivity index (χ1) is 18.8. The summed E-state index contributed by atoms with van der Waals surface area (Å²) in [5, 5.41) is 13.4. The normalized spacial score (nSPS) is 19.3. The number of Topliss-reactive ketones (excluding diaryl/α,β-unsaturated/α-hetero) is 1. The van der Waals surface area contributed by atoms with E-state index in [1.165, 1.54) is 24.3 Å². The molecular formula is C12H22N2O22P6. The Bertz CT molecular complexity index is 1420. The molecule has 0 amide bonds. The van der Waals surface area contributed by atoms with Gasteiger partial charge in [-0.1, -0.05) is 6.07 Å². The largest absolute Gasteiger partial charge is 0.490 e. The third-order valence-corrected chi connectivity index (χ3v) is 12.5. The molecule has 0 aliphatic heterocycles. The first-order valence-corrected chi connectivity index (χ1v) is 19.2. The average Bonchev–Trinajstić information content (AvgIpc) is 2.72. The highest BCUT2D eigenvalue weighted by molar-refractivity contribution is 7.72. The Balaban J connectivity index is 2.53. The lowest BCUT2D eigenvalue weighted by Gasteiger charge is -2.20. The molecule has 242 valence electrons. The van der Waals surface area contributed by atoms with E-state index in [9.17, 15) is 61.9 Å². The molecule has 1 aromatic carbocycles. The summed E-state index contributed by atoms with van der Waals surface area (Å²) in [6.07, 6.45) is -0.204. The summed E-state index contributed by atoms with van der Waals surface area (Å²) in [5.74, 6) is -0.382. The van der Waals surface area contributed by atoms with Crippen LogP contribution in [-0.4, -0.2) is 58.1 Å². The van der Waals surface area contributed by atoms with Crippen molar-refractivity contribution in [1.82, 2.24) is 0 Å². The lowest BCUT2D eigenvalue weighted by Crippen LogP contribution is -2.13. The standard InChI is InChI=1S/C12H22N2O22P6/c15-12(9-13-10-4-3-5-11(8-10)14(16)17)6-1-2-7-31-38(21,22)33-40(25,26)35-42(29,30)36-41(27,28)34-39(23,24)32-37(18,19)20/h3-5,8,13H,1-2,6-7,9H2,(H,21,22)(H,23,24)(H,25,26)(H,27,28)(H,29,30)(H2,18,19,20). The highest BCUT2D eigenvalue weighted by Gasteiger charge is 2.49. The first kappa shape index (κ1) is 39.0. The van der Waals surface area contributed by atoms with E-state index in [1.807, 2.05) is 0 Å². The molecule has 1 aromatic rings. The van der Waals surface area contributed by atoms with Crippen LogP contribution in [0.25, 0.3) is 0 Å². The molecule has 1 rings (SSSR count). The Morgan fingerprint density at radius 1 is 0.762 bits per heavy atom. The molecule has 0 aliphatic carbocycles. The van der Waals surface area contributed by atoms with Crippen LogP contribution >= 0.6 is 46.9 Å². The zero-order valence-corrected chi connectivity index (χ0v) is 25.6. The summed E-state index contributed by atoms with van der Waals surface area (Å²) in [7, 11) is -36.5. The van der Waals surface area contributed by atoms with Crippen molar-refractivity contribution in [3.05, 3.63) is 34.4 Å². The number of rotatable bonds is 20. The van der Waals surface area contributed by atoms with Gasteiger partial charge in [0, 0.05) is 24.2 Å². The van der Waals surface area contributed by atoms with Crippen molar-refractivity contribution in [2.24, 2.45) is 0 Å². The number of nitrogens with zero attached hydrogens (tertiary/aromatic N) is 1. The van der Waals surface area contributed by atoms with E-state index >= 15 is 0 Å². The van der Waals surface area contributed by atoms with Crippen LogP contribution in [0, 0.1) is 10.1 Å². The topological polar surface area (TPSA) is 372 Å². The van der Waals surface area contributed by atoms with Crippen LogP contribution in [0.1, 0.15) is 19.3 Å². The van der Waals surface area contributed by atoms with E-state index in [1.54, 1.807) is 0 Å². The quantitative estimate of drug-likeness (QED) is 0.0413. The fourth-order valence-corrected chi connectivity index (χ4v) is 9.71. The summed E-state index contributed by atoms with van der Waals surface area (Å²) in [4.78, 5) is 85.2. The van der Waals surface area contributed by atoms with Crippen LogP contribution in [0.3, 0.4) is 0 Å². The maximum absolute atomic E-state index is 11.9. The van der Waals surface area contributed by atoms with Crippen molar-refractivity contribution in [2.45, 2.75) is 19.3 Å². The fraction of sp³-hybridized carbons (Fsp3) is 0.417. The zero-order chi connectivity index (χ0) is 32.6. The van der Waals surface area contributed by atoms with Crippen LogP contribution in [-0.2, 0) is 58.3 Å². The van der Waals surface area contributed by atoms with Crippen LogP contribution in [0.15, 0.2) is 24.3 Å². The van der Waals surface area contributed by atoms with Gasteiger partial charge in [0.15, 0.2) is 5.78 Å². The number of hydrogen-bond donors (Lipinski definition) is 8. The first-order valence-electron chi connectivity index (χ1n) is 10.2. The van der Waals surface area contributed by atoms with Gasteiger partial charge in [-0.2, -0.15) is 21.6 Å². The molecule has 0 bridgehead atoms. The molecule has 30 heteroatoms. The van der Waals surface area contributed by atoms with Gasteiger partial charge in [-0.05, 0) is 18.9 Å². The third-order valence-electron chi connectivity index (χ3n) is 3.69. The molecule has 0 aromatic heterocycles. The number of phosphoric ester groups is 1. The van der Waals surface area contributed by atoms with Crippen molar-refractivity contribution in [3.63, 3.8) is 0 Å². The van der Waals surface area contributed by atoms with Gasteiger partial charge in [-0.15, -0.1) is 0 Å². The molecule has 8 N–H and O–H groups in total. The Hall–Kier alpha value is -1.05. The van der Waals surface area contributed by atoms with Crippen LogP contribution in [0.4, 0.5) is 11.4 Å². The van der Waals surface area contributed by atoms with Crippen LogP contribution < -0.4 is 5.32 Å². The third kappa shape index (κ3) is 17.3. The van der Waals surface area contributed by atoms with Gasteiger partial charge in [-0.25, -0.2) is 27.4 Å². The Morgan fingerprint density at radius 3 is 1.71 bits per heavy atom. The summed E-state index contributed by atoms with van der Waals surface area (Å²) < 4.78 is 89.8. The Labute approximate surface area is 234 Å². The molecule has 0 aliphatic rings. The molecule has 0 heterocycles. The van der Waals surface area contributed by atoms with E-state index in [0.717, 1.165) is 0 Å². The van der Waals surface area contributed by atoms with Crippen molar-refractivity contribution >= 4 is 64.1 Å². The number of nitrogens with one attached hydrogen (secondary N) is 1. The van der Waals surface area contributed by atoms with Gasteiger partial charge in [0.05, 0.1) is 18.1 Å². The SMILES string of the molecule is O=C(CCCCOP(=O)(O)OP(=O)(O)OP(=O)(O)OP(=O)(O)OP(=O)(O)OP(=O)(O)O)CNc1cccc([N+](=O)[O-])c1. The highest BCUT2D eigenvalue weighted by Crippen LogP contribution is 2.74. The molecule has 5 unspecified atom stereocenters. The predicted molar refractivity (Wildman–Crippen MR) is 133 cm³/mol. The number of non-ortho nitro benzene ring substituents is 1. The lowest BCUT2D eigenvalue weighted by molar-refractivity contribution is -0.384. The van der Waals surface area contributed by atoms with E-state index < -0.39 is 58.5 Å². The number of ketones is 1. The minimum absolute atomic E-state index is 0.0364. The second-order valence-corrected chi connectivity index (χ2v) is 16.4. The van der Waals surface area contributed by atoms with Crippen molar-refractivity contribution < 1.29 is 97.4 Å². The smallest absolute Gasteiger partial charge is 0.378 e. The fourth-order valence-electron chi connectivity index (χ4n) is 2.36.